The fourth-order valence-corrected chi connectivity index (χ4v) is 6.30. The zero-order chi connectivity index (χ0) is 25.5. The summed E-state index contributed by atoms with van der Waals surface area (Å²) in [7, 11) is 0. The number of anilines is 2. The van der Waals surface area contributed by atoms with E-state index in [0.29, 0.717) is 29.1 Å². The standard InChI is InChI=1S/C26H39FN8O2/c1-15-8-10-17(11-9-15)14-35-20-21(28-16(2)18-5-3-6-18)29-23(24-32-26(36)37-33-24)30-22(20)31-25(35)34-12-4-7-19(34)13-27/h15-19,26,36H,3-14H2,1-2H3,(H,32,33)(H,28,29,30)/t15-,16-,17-,19+,26?/m1/s1. The molecule has 3 fully saturated rings. The molecule has 37 heavy (non-hydrogen) atoms. The van der Waals surface area contributed by atoms with Crippen molar-refractivity contribution in [1.29, 1.82) is 0 Å². The molecule has 2 aromatic rings. The van der Waals surface area contributed by atoms with Crippen molar-refractivity contribution in [3.8, 4) is 0 Å². The topological polar surface area (TPSA) is 113 Å². The van der Waals surface area contributed by atoms with Gasteiger partial charge in [-0.25, -0.2) is 14.4 Å². The smallest absolute Gasteiger partial charge is 0.305 e. The molecule has 6 rings (SSSR count). The summed E-state index contributed by atoms with van der Waals surface area (Å²) >= 11 is 0. The fourth-order valence-electron chi connectivity index (χ4n) is 6.30. The van der Waals surface area contributed by atoms with Crippen molar-refractivity contribution in [3.63, 3.8) is 0 Å². The molecule has 202 valence electrons. The average molecular weight is 515 g/mol. The van der Waals surface area contributed by atoms with Crippen molar-refractivity contribution in [2.24, 2.45) is 22.9 Å². The summed E-state index contributed by atoms with van der Waals surface area (Å²) in [5, 5.41) is 20.1. The number of fused-ring (bicyclic) bond motifs is 1. The number of hydrogen-bond donors (Lipinski definition) is 3. The lowest BCUT2D eigenvalue weighted by Crippen LogP contribution is -2.34. The zero-order valence-electron chi connectivity index (χ0n) is 21.9. The molecule has 1 unspecified atom stereocenters. The summed E-state index contributed by atoms with van der Waals surface area (Å²) in [5.41, 5.74) is 1.43. The van der Waals surface area contributed by atoms with Gasteiger partial charge in [-0.15, -0.1) is 0 Å². The first-order valence-corrected chi connectivity index (χ1v) is 14.1. The number of oxime groups is 1. The number of imidazole rings is 1. The molecule has 0 aromatic carbocycles. The predicted octanol–water partition coefficient (Wildman–Crippen LogP) is 3.75. The summed E-state index contributed by atoms with van der Waals surface area (Å²) in [4.78, 5) is 21.7. The van der Waals surface area contributed by atoms with Crippen molar-refractivity contribution in [1.82, 2.24) is 24.8 Å². The van der Waals surface area contributed by atoms with Crippen LogP contribution in [0.4, 0.5) is 16.2 Å². The molecule has 0 amide bonds. The van der Waals surface area contributed by atoms with Crippen LogP contribution in [0.25, 0.3) is 11.2 Å². The van der Waals surface area contributed by atoms with Crippen LogP contribution in [0.5, 0.6) is 0 Å². The van der Waals surface area contributed by atoms with Crippen molar-refractivity contribution < 1.29 is 14.3 Å². The van der Waals surface area contributed by atoms with Crippen LogP contribution in [-0.2, 0) is 11.4 Å². The summed E-state index contributed by atoms with van der Waals surface area (Å²) in [6.45, 7) is 5.77. The number of amidine groups is 1. The molecule has 3 atom stereocenters. The third kappa shape index (κ3) is 4.82. The van der Waals surface area contributed by atoms with Gasteiger partial charge in [0, 0.05) is 19.1 Å². The molecule has 1 saturated heterocycles. The number of aliphatic hydroxyl groups is 1. The number of nitrogens with zero attached hydrogens (tertiary/aromatic N) is 6. The first-order chi connectivity index (χ1) is 18.0. The van der Waals surface area contributed by atoms with E-state index in [-0.39, 0.29) is 24.6 Å². The van der Waals surface area contributed by atoms with E-state index in [1.165, 1.54) is 44.9 Å². The maximum absolute atomic E-state index is 14.0. The molecule has 0 radical (unpaired) electrons. The lowest BCUT2D eigenvalue weighted by Gasteiger charge is -2.33. The molecule has 2 aromatic heterocycles. The molecule has 2 aliphatic heterocycles. The first kappa shape index (κ1) is 24.6. The second-order valence-electron chi connectivity index (χ2n) is 11.5. The molecule has 4 heterocycles. The molecule has 4 aliphatic rings. The van der Waals surface area contributed by atoms with E-state index >= 15 is 0 Å². The van der Waals surface area contributed by atoms with Gasteiger partial charge in [0.15, 0.2) is 11.5 Å². The maximum atomic E-state index is 14.0. The zero-order valence-corrected chi connectivity index (χ0v) is 21.9. The third-order valence-electron chi connectivity index (χ3n) is 8.91. The Bertz CT molecular complexity index is 1140. The Morgan fingerprint density at radius 1 is 1.11 bits per heavy atom. The number of aliphatic hydroxyl groups excluding tert-OH is 1. The average Bonchev–Trinajstić information content (AvgIpc) is 3.57. The molecule has 0 spiro atoms. The van der Waals surface area contributed by atoms with E-state index in [2.05, 4.69) is 39.1 Å². The number of rotatable bonds is 8. The van der Waals surface area contributed by atoms with Crippen molar-refractivity contribution in [2.45, 2.75) is 96.7 Å². The van der Waals surface area contributed by atoms with Crippen LogP contribution in [0.2, 0.25) is 0 Å². The maximum Gasteiger partial charge on any atom is 0.305 e. The van der Waals surface area contributed by atoms with Gasteiger partial charge in [0.2, 0.25) is 17.6 Å². The Hall–Kier alpha value is -2.69. The third-order valence-corrected chi connectivity index (χ3v) is 8.91. The Labute approximate surface area is 217 Å². The van der Waals surface area contributed by atoms with Gasteiger partial charge >= 0.3 is 6.41 Å². The minimum absolute atomic E-state index is 0.163. The highest BCUT2D eigenvalue weighted by atomic mass is 19.1. The van der Waals surface area contributed by atoms with Crippen LogP contribution >= 0.6 is 0 Å². The van der Waals surface area contributed by atoms with Crippen molar-refractivity contribution >= 4 is 28.8 Å². The highest BCUT2D eigenvalue weighted by Crippen LogP contribution is 2.37. The Morgan fingerprint density at radius 3 is 2.59 bits per heavy atom. The van der Waals surface area contributed by atoms with Gasteiger partial charge in [-0.2, -0.15) is 4.98 Å². The Kier molecular flexibility index (Phi) is 6.81. The number of alkyl halides is 1. The van der Waals surface area contributed by atoms with Crippen LogP contribution in [0.15, 0.2) is 5.16 Å². The van der Waals surface area contributed by atoms with E-state index in [1.54, 1.807) is 0 Å². The number of hydrogen-bond acceptors (Lipinski definition) is 9. The molecule has 11 heteroatoms. The van der Waals surface area contributed by atoms with E-state index in [9.17, 15) is 9.50 Å². The summed E-state index contributed by atoms with van der Waals surface area (Å²) < 4.78 is 16.3. The SMILES string of the molecule is C[C@@H](Nc1nc(C2=NOC(O)N2)nc2nc(N3CCC[C@H]3CF)n(C[C@H]3CC[C@H](C)CC3)c12)C1CCC1. The van der Waals surface area contributed by atoms with E-state index < -0.39 is 6.41 Å². The number of halogens is 1. The minimum Gasteiger partial charge on any atom is -0.365 e. The summed E-state index contributed by atoms with van der Waals surface area (Å²) in [6, 6.07) is 0.0804. The lowest BCUT2D eigenvalue weighted by molar-refractivity contribution is -0.0896. The van der Waals surface area contributed by atoms with Crippen LogP contribution in [0.3, 0.4) is 0 Å². The normalized spacial score (nSPS) is 29.1. The Balaban J connectivity index is 1.45. The van der Waals surface area contributed by atoms with Gasteiger partial charge in [0.05, 0.1) is 6.04 Å². The molecular weight excluding hydrogens is 475 g/mol. The largest absolute Gasteiger partial charge is 0.365 e. The van der Waals surface area contributed by atoms with Crippen LogP contribution in [0, 0.1) is 17.8 Å². The number of aromatic nitrogens is 4. The van der Waals surface area contributed by atoms with Crippen molar-refractivity contribution in [3.05, 3.63) is 5.82 Å². The van der Waals surface area contributed by atoms with Crippen LogP contribution in [0.1, 0.15) is 77.5 Å². The lowest BCUT2D eigenvalue weighted by atomic mass is 9.80. The van der Waals surface area contributed by atoms with Gasteiger partial charge in [0.25, 0.3) is 0 Å². The molecule has 3 N–H and O–H groups in total. The van der Waals surface area contributed by atoms with Gasteiger partial charge < -0.3 is 30.0 Å². The van der Waals surface area contributed by atoms with Crippen LogP contribution < -0.4 is 15.5 Å². The van der Waals surface area contributed by atoms with Gasteiger partial charge in [-0.1, -0.05) is 31.3 Å². The molecular formula is C26H39FN8O2. The monoisotopic (exact) mass is 514 g/mol. The molecule has 2 saturated carbocycles. The molecule has 2 aliphatic carbocycles. The predicted molar refractivity (Wildman–Crippen MR) is 140 cm³/mol. The first-order valence-electron chi connectivity index (χ1n) is 14.1. The second-order valence-corrected chi connectivity index (χ2v) is 11.5. The number of nitrogens with one attached hydrogen (secondary N) is 2. The Morgan fingerprint density at radius 2 is 1.92 bits per heavy atom. The minimum atomic E-state index is -1.23. The molecule has 10 nitrogen and oxygen atoms in total. The summed E-state index contributed by atoms with van der Waals surface area (Å²) in [6.07, 6.45) is 9.08. The van der Waals surface area contributed by atoms with E-state index in [1.807, 2.05) is 0 Å². The highest BCUT2D eigenvalue weighted by Gasteiger charge is 2.33. The molecule has 0 bridgehead atoms. The summed E-state index contributed by atoms with van der Waals surface area (Å²) in [5.74, 6) is 4.01. The van der Waals surface area contributed by atoms with E-state index in [4.69, 9.17) is 19.8 Å². The van der Waals surface area contributed by atoms with Gasteiger partial charge in [-0.05, 0) is 63.2 Å². The quantitative estimate of drug-likeness (QED) is 0.488. The fraction of sp³-hybridized carbons (Fsp3) is 0.769. The van der Waals surface area contributed by atoms with Crippen LogP contribution in [-0.4, -0.2) is 62.2 Å². The van der Waals surface area contributed by atoms with Gasteiger partial charge in [-0.3, -0.25) is 0 Å². The van der Waals surface area contributed by atoms with Crippen molar-refractivity contribution in [2.75, 3.05) is 23.4 Å². The van der Waals surface area contributed by atoms with Gasteiger partial charge in [0.1, 0.15) is 12.2 Å². The highest BCUT2D eigenvalue weighted by molar-refractivity contribution is 5.98. The van der Waals surface area contributed by atoms with E-state index in [0.717, 1.165) is 43.3 Å². The second kappa shape index (κ2) is 10.2.